The van der Waals surface area contributed by atoms with E-state index in [2.05, 4.69) is 24.5 Å². The number of hydrogen-bond acceptors (Lipinski definition) is 2. The number of carbonyl (C=O) groups is 1. The van der Waals surface area contributed by atoms with Crippen LogP contribution in [0.2, 0.25) is 0 Å². The molecule has 1 atom stereocenters. The summed E-state index contributed by atoms with van der Waals surface area (Å²) < 4.78 is 0. The Kier molecular flexibility index (Phi) is 2.06. The molecular weight excluding hydrogens is 164 g/mol. The number of piperidine rings is 1. The lowest BCUT2D eigenvalue weighted by atomic mass is 9.63. The van der Waals surface area contributed by atoms with E-state index in [9.17, 15) is 4.79 Å². The zero-order valence-electron chi connectivity index (χ0n) is 8.39. The van der Waals surface area contributed by atoms with Crippen molar-refractivity contribution in [2.24, 2.45) is 11.3 Å². The van der Waals surface area contributed by atoms with Crippen LogP contribution in [0, 0.1) is 11.3 Å². The van der Waals surface area contributed by atoms with Gasteiger partial charge in [0.15, 0.2) is 0 Å². The van der Waals surface area contributed by atoms with E-state index in [1.54, 1.807) is 0 Å². The molecule has 1 amide bonds. The highest BCUT2D eigenvalue weighted by Gasteiger charge is 2.55. The molecule has 0 bridgehead atoms. The fraction of sp³-hybridized carbons (Fsp3) is 0.900. The predicted octanol–water partition coefficient (Wildman–Crippen LogP) is 0.511. The SMILES string of the molecule is CC(C)C1NC(=O)C12CCNCC2. The van der Waals surface area contributed by atoms with Crippen molar-refractivity contribution < 1.29 is 4.79 Å². The van der Waals surface area contributed by atoms with Gasteiger partial charge in [-0.1, -0.05) is 13.8 Å². The standard InChI is InChI=1S/C10H18N2O/c1-7(2)8-10(9(13)12-8)3-5-11-6-4-10/h7-8,11H,3-6H2,1-2H3,(H,12,13). The normalized spacial score (nSPS) is 31.6. The van der Waals surface area contributed by atoms with E-state index in [0.717, 1.165) is 25.9 Å². The average Bonchev–Trinajstić information content (AvgIpc) is 2.15. The number of β-lactam (4-membered cyclic amide) rings is 1. The first-order valence-electron chi connectivity index (χ1n) is 5.18. The Morgan fingerprint density at radius 1 is 1.38 bits per heavy atom. The summed E-state index contributed by atoms with van der Waals surface area (Å²) in [4.78, 5) is 11.6. The fourth-order valence-electron chi connectivity index (χ4n) is 2.70. The first kappa shape index (κ1) is 9.00. The second kappa shape index (κ2) is 2.98. The van der Waals surface area contributed by atoms with Crippen LogP contribution in [0.3, 0.4) is 0 Å². The van der Waals surface area contributed by atoms with Crippen molar-refractivity contribution in [3.63, 3.8) is 0 Å². The minimum Gasteiger partial charge on any atom is -0.351 e. The molecule has 13 heavy (non-hydrogen) atoms. The molecule has 2 aliphatic heterocycles. The number of rotatable bonds is 1. The third-order valence-corrected chi connectivity index (χ3v) is 3.50. The van der Waals surface area contributed by atoms with Crippen molar-refractivity contribution >= 4 is 5.91 Å². The van der Waals surface area contributed by atoms with Gasteiger partial charge in [0.2, 0.25) is 5.91 Å². The van der Waals surface area contributed by atoms with Crippen LogP contribution in [0.4, 0.5) is 0 Å². The Balaban J connectivity index is 2.13. The van der Waals surface area contributed by atoms with E-state index >= 15 is 0 Å². The number of amides is 1. The monoisotopic (exact) mass is 182 g/mol. The maximum Gasteiger partial charge on any atom is 0.228 e. The van der Waals surface area contributed by atoms with Crippen molar-refractivity contribution in [1.82, 2.24) is 10.6 Å². The second-order valence-electron chi connectivity index (χ2n) is 4.60. The summed E-state index contributed by atoms with van der Waals surface area (Å²) >= 11 is 0. The molecule has 3 nitrogen and oxygen atoms in total. The first-order valence-corrected chi connectivity index (χ1v) is 5.18. The third kappa shape index (κ3) is 1.17. The minimum absolute atomic E-state index is 0.0145. The van der Waals surface area contributed by atoms with Gasteiger partial charge in [-0.05, 0) is 31.8 Å². The number of nitrogens with one attached hydrogen (secondary N) is 2. The molecule has 3 heteroatoms. The van der Waals surface area contributed by atoms with Gasteiger partial charge in [0.1, 0.15) is 0 Å². The van der Waals surface area contributed by atoms with Crippen LogP contribution in [0.1, 0.15) is 26.7 Å². The van der Waals surface area contributed by atoms with E-state index in [4.69, 9.17) is 0 Å². The smallest absolute Gasteiger partial charge is 0.228 e. The number of hydrogen-bond donors (Lipinski definition) is 2. The lowest BCUT2D eigenvalue weighted by molar-refractivity contribution is -0.151. The molecule has 74 valence electrons. The van der Waals surface area contributed by atoms with Gasteiger partial charge in [0.05, 0.1) is 5.41 Å². The van der Waals surface area contributed by atoms with Crippen LogP contribution < -0.4 is 10.6 Å². The Bertz CT molecular complexity index is 219. The molecule has 0 aromatic carbocycles. The summed E-state index contributed by atoms with van der Waals surface area (Å²) in [6.07, 6.45) is 2.03. The van der Waals surface area contributed by atoms with E-state index in [1.807, 2.05) is 0 Å². The van der Waals surface area contributed by atoms with Gasteiger partial charge in [-0.3, -0.25) is 4.79 Å². The second-order valence-corrected chi connectivity index (χ2v) is 4.60. The minimum atomic E-state index is -0.0145. The average molecular weight is 182 g/mol. The molecule has 2 heterocycles. The van der Waals surface area contributed by atoms with Crippen LogP contribution in [-0.2, 0) is 4.79 Å². The predicted molar refractivity (Wildman–Crippen MR) is 51.3 cm³/mol. The van der Waals surface area contributed by atoms with Gasteiger partial charge in [0.25, 0.3) is 0 Å². The molecule has 1 unspecified atom stereocenters. The molecule has 2 aliphatic rings. The van der Waals surface area contributed by atoms with E-state index < -0.39 is 0 Å². The Hall–Kier alpha value is -0.570. The Morgan fingerprint density at radius 2 is 2.00 bits per heavy atom. The van der Waals surface area contributed by atoms with Gasteiger partial charge in [-0.25, -0.2) is 0 Å². The number of carbonyl (C=O) groups excluding carboxylic acids is 1. The Labute approximate surface area is 79.3 Å². The quantitative estimate of drug-likeness (QED) is 0.580. The maximum absolute atomic E-state index is 11.6. The molecule has 2 N–H and O–H groups in total. The summed E-state index contributed by atoms with van der Waals surface area (Å²) in [5.74, 6) is 0.850. The third-order valence-electron chi connectivity index (χ3n) is 3.50. The van der Waals surface area contributed by atoms with Gasteiger partial charge in [-0.15, -0.1) is 0 Å². The summed E-state index contributed by atoms with van der Waals surface area (Å²) in [6, 6.07) is 0.419. The van der Waals surface area contributed by atoms with Crippen LogP contribution in [-0.4, -0.2) is 25.0 Å². The highest BCUT2D eigenvalue weighted by molar-refractivity contribution is 5.90. The fourth-order valence-corrected chi connectivity index (χ4v) is 2.70. The largest absolute Gasteiger partial charge is 0.351 e. The molecule has 1 spiro atoms. The van der Waals surface area contributed by atoms with Crippen molar-refractivity contribution in [2.75, 3.05) is 13.1 Å². The van der Waals surface area contributed by atoms with Crippen molar-refractivity contribution in [2.45, 2.75) is 32.7 Å². The zero-order chi connectivity index (χ0) is 9.47. The Morgan fingerprint density at radius 3 is 2.46 bits per heavy atom. The van der Waals surface area contributed by atoms with E-state index in [0.29, 0.717) is 12.0 Å². The van der Waals surface area contributed by atoms with Crippen LogP contribution in [0.5, 0.6) is 0 Å². The van der Waals surface area contributed by atoms with Gasteiger partial charge in [-0.2, -0.15) is 0 Å². The molecule has 0 aromatic rings. The van der Waals surface area contributed by atoms with Crippen molar-refractivity contribution in [1.29, 1.82) is 0 Å². The van der Waals surface area contributed by atoms with Gasteiger partial charge >= 0.3 is 0 Å². The molecule has 0 aromatic heterocycles. The highest BCUT2D eigenvalue weighted by Crippen LogP contribution is 2.42. The lowest BCUT2D eigenvalue weighted by Gasteiger charge is -2.52. The molecule has 2 rings (SSSR count). The summed E-state index contributed by atoms with van der Waals surface area (Å²) in [5.41, 5.74) is -0.0145. The molecule has 0 saturated carbocycles. The highest BCUT2D eigenvalue weighted by atomic mass is 16.2. The van der Waals surface area contributed by atoms with E-state index in [1.165, 1.54) is 0 Å². The van der Waals surface area contributed by atoms with Gasteiger partial charge in [0, 0.05) is 6.04 Å². The van der Waals surface area contributed by atoms with Crippen LogP contribution in [0.25, 0.3) is 0 Å². The molecule has 2 saturated heterocycles. The van der Waals surface area contributed by atoms with E-state index in [-0.39, 0.29) is 11.3 Å². The van der Waals surface area contributed by atoms with Crippen LogP contribution in [0.15, 0.2) is 0 Å². The van der Waals surface area contributed by atoms with Crippen molar-refractivity contribution in [3.05, 3.63) is 0 Å². The lowest BCUT2D eigenvalue weighted by Crippen LogP contribution is -2.71. The zero-order valence-corrected chi connectivity index (χ0v) is 8.39. The molecule has 2 fully saturated rings. The molecule has 0 radical (unpaired) electrons. The summed E-state index contributed by atoms with van der Waals surface area (Å²) in [6.45, 7) is 6.37. The van der Waals surface area contributed by atoms with Crippen LogP contribution >= 0.6 is 0 Å². The summed E-state index contributed by atoms with van der Waals surface area (Å²) in [5, 5.41) is 6.34. The maximum atomic E-state index is 11.6. The molecule has 0 aliphatic carbocycles. The first-order chi connectivity index (χ1) is 6.17. The van der Waals surface area contributed by atoms with Gasteiger partial charge < -0.3 is 10.6 Å². The summed E-state index contributed by atoms with van der Waals surface area (Å²) in [7, 11) is 0. The topological polar surface area (TPSA) is 41.1 Å². The molecular formula is C10H18N2O. The van der Waals surface area contributed by atoms with Crippen molar-refractivity contribution in [3.8, 4) is 0 Å².